The van der Waals surface area contributed by atoms with Gasteiger partial charge in [0.1, 0.15) is 12.2 Å². The summed E-state index contributed by atoms with van der Waals surface area (Å²) >= 11 is 0. The number of nitrogens with two attached hydrogens (primary N) is 2. The Bertz CT molecular complexity index is 1100. The second-order valence-electron chi connectivity index (χ2n) is 11.6. The summed E-state index contributed by atoms with van der Waals surface area (Å²) in [6.07, 6.45) is -4.17. The van der Waals surface area contributed by atoms with E-state index in [4.69, 9.17) is 11.5 Å². The molecular weight excluding hydrogens is 526 g/mol. The molecule has 228 valence electrons. The lowest BCUT2D eigenvalue weighted by atomic mass is 9.55. The van der Waals surface area contributed by atoms with Gasteiger partial charge in [-0.1, -0.05) is 63.6 Å². The van der Waals surface area contributed by atoms with E-state index in [1.807, 2.05) is 0 Å². The number of aliphatic hydroxyl groups excluding tert-OH is 2. The van der Waals surface area contributed by atoms with Crippen molar-refractivity contribution in [3.8, 4) is 0 Å². The van der Waals surface area contributed by atoms with Crippen molar-refractivity contribution in [2.24, 2.45) is 23.3 Å². The third-order valence-electron chi connectivity index (χ3n) is 7.23. The van der Waals surface area contributed by atoms with Crippen molar-refractivity contribution in [3.05, 3.63) is 48.0 Å². The van der Waals surface area contributed by atoms with Crippen LogP contribution in [0.4, 0.5) is 0 Å². The molecule has 0 bridgehead atoms. The first kappa shape index (κ1) is 36.0. The van der Waals surface area contributed by atoms with E-state index in [2.05, 4.69) is 6.58 Å². The Hall–Kier alpha value is -3.05. The molecule has 0 aliphatic heterocycles. The van der Waals surface area contributed by atoms with Crippen LogP contribution in [0.25, 0.3) is 0 Å². The fourth-order valence-electron chi connectivity index (χ4n) is 5.41. The highest BCUT2D eigenvalue weighted by Gasteiger charge is 2.70. The Kier molecular flexibility index (Phi) is 13.4. The molecule has 10 nitrogen and oxygen atoms in total. The zero-order valence-corrected chi connectivity index (χ0v) is 25.1. The van der Waals surface area contributed by atoms with Crippen LogP contribution in [-0.2, 0) is 29.4 Å². The summed E-state index contributed by atoms with van der Waals surface area (Å²) in [5, 5.41) is 22.0. The fourth-order valence-corrected chi connectivity index (χ4v) is 5.41. The van der Waals surface area contributed by atoms with Crippen molar-refractivity contribution in [1.29, 1.82) is 0 Å². The van der Waals surface area contributed by atoms with Crippen molar-refractivity contribution in [3.63, 3.8) is 0 Å². The summed E-state index contributed by atoms with van der Waals surface area (Å²) < 4.78 is 0. The van der Waals surface area contributed by atoms with Gasteiger partial charge in [0, 0.05) is 19.9 Å². The van der Waals surface area contributed by atoms with Gasteiger partial charge in [-0.2, -0.15) is 0 Å². The fraction of sp³-hybridized carbons (Fsp3) is 0.581. The van der Waals surface area contributed by atoms with E-state index in [1.165, 1.54) is 24.3 Å². The number of carbonyl (C=O) groups is 5. The minimum Gasteiger partial charge on any atom is -0.385 e. The quantitative estimate of drug-likeness (QED) is 0.115. The first-order valence-electron chi connectivity index (χ1n) is 13.9. The average molecular weight is 574 g/mol. The maximum Gasteiger partial charge on any atom is 0.252 e. The Balaban J connectivity index is 4.43. The number of amides is 1. The minimum atomic E-state index is -2.88. The highest BCUT2D eigenvalue weighted by atomic mass is 16.3. The average Bonchev–Trinajstić information content (AvgIpc) is 2.89. The van der Waals surface area contributed by atoms with Crippen molar-refractivity contribution in [2.75, 3.05) is 13.6 Å². The number of hydrogen-bond acceptors (Lipinski definition) is 9. The number of ketones is 3. The number of aliphatic hydroxyl groups is 2. The number of aldehydes is 1. The van der Waals surface area contributed by atoms with Gasteiger partial charge in [0.05, 0.1) is 6.04 Å². The molecule has 0 aliphatic carbocycles. The van der Waals surface area contributed by atoms with Gasteiger partial charge >= 0.3 is 0 Å². The maximum atomic E-state index is 14.6. The highest BCUT2D eigenvalue weighted by Crippen LogP contribution is 2.44. The van der Waals surface area contributed by atoms with Gasteiger partial charge in [-0.3, -0.25) is 19.2 Å². The van der Waals surface area contributed by atoms with E-state index in [0.717, 1.165) is 7.05 Å². The van der Waals surface area contributed by atoms with Gasteiger partial charge in [0.15, 0.2) is 34.6 Å². The SMILES string of the molecule is C=C(C)C[C@H](O)C(=O)N(C)[C@](C=O)(C(=O)[C@H](N)CC(C)C)[C@@](C(=O)CCN)(C(=O)[C@H](O)CC(C)C)c1ccccc1. The largest absolute Gasteiger partial charge is 0.385 e. The van der Waals surface area contributed by atoms with Gasteiger partial charge in [0.25, 0.3) is 5.91 Å². The van der Waals surface area contributed by atoms with Crippen LogP contribution in [0.2, 0.25) is 0 Å². The van der Waals surface area contributed by atoms with Gasteiger partial charge in [-0.25, -0.2) is 0 Å². The second kappa shape index (κ2) is 15.3. The number of benzene rings is 1. The Labute approximate surface area is 243 Å². The topological polar surface area (TPSA) is 181 Å². The molecule has 0 aliphatic rings. The van der Waals surface area contributed by atoms with E-state index in [0.29, 0.717) is 10.5 Å². The molecule has 1 aromatic rings. The molecule has 0 saturated carbocycles. The number of carbonyl (C=O) groups excluding carboxylic acids is 5. The standard InChI is InChI=1S/C31H47N3O7/c1-19(2)15-23(33)27(39)30(18-35,34(7)29(41)25(37)17-21(5)6)31(26(38)13-14-32,22-11-9-8-10-12-22)28(40)24(36)16-20(3)4/h8-12,18-20,23-25,36-37H,5,13-17,32-33H2,1-4,6-7H3/t23-,24-,25+,30-,31+/m1/s1. The van der Waals surface area contributed by atoms with Crippen molar-refractivity contribution >= 4 is 29.5 Å². The lowest BCUT2D eigenvalue weighted by Gasteiger charge is -2.50. The summed E-state index contributed by atoms with van der Waals surface area (Å²) in [5.74, 6) is -4.60. The van der Waals surface area contributed by atoms with Crippen molar-refractivity contribution in [2.45, 2.75) is 89.5 Å². The Morgan fingerprint density at radius 2 is 1.51 bits per heavy atom. The smallest absolute Gasteiger partial charge is 0.252 e. The number of nitrogens with zero attached hydrogens (tertiary/aromatic N) is 1. The van der Waals surface area contributed by atoms with Crippen LogP contribution in [0, 0.1) is 11.8 Å². The molecule has 0 heterocycles. The molecule has 1 amide bonds. The Morgan fingerprint density at radius 3 is 1.95 bits per heavy atom. The minimum absolute atomic E-state index is 0.0590. The summed E-state index contributed by atoms with van der Waals surface area (Å²) in [6, 6.07) is 6.00. The van der Waals surface area contributed by atoms with Crippen LogP contribution in [0.3, 0.4) is 0 Å². The van der Waals surface area contributed by atoms with E-state index in [-0.39, 0.29) is 49.5 Å². The maximum absolute atomic E-state index is 14.6. The summed E-state index contributed by atoms with van der Waals surface area (Å²) in [6.45, 7) is 12.1. The lowest BCUT2D eigenvalue weighted by molar-refractivity contribution is -0.167. The highest BCUT2D eigenvalue weighted by molar-refractivity contribution is 6.26. The van der Waals surface area contributed by atoms with Crippen LogP contribution < -0.4 is 11.5 Å². The molecule has 10 heteroatoms. The lowest BCUT2D eigenvalue weighted by Crippen LogP contribution is -2.77. The summed E-state index contributed by atoms with van der Waals surface area (Å²) in [5.41, 5.74) is 6.86. The van der Waals surface area contributed by atoms with Crippen LogP contribution in [0.15, 0.2) is 42.5 Å². The summed E-state index contributed by atoms with van der Waals surface area (Å²) in [7, 11) is 1.08. The van der Waals surface area contributed by atoms with E-state index in [1.54, 1.807) is 40.7 Å². The predicted octanol–water partition coefficient (Wildman–Crippen LogP) is 1.48. The van der Waals surface area contributed by atoms with Crippen LogP contribution in [-0.4, -0.2) is 82.0 Å². The van der Waals surface area contributed by atoms with Gasteiger partial charge < -0.3 is 31.4 Å². The van der Waals surface area contributed by atoms with Gasteiger partial charge in [-0.15, -0.1) is 6.58 Å². The van der Waals surface area contributed by atoms with Crippen LogP contribution in [0.5, 0.6) is 0 Å². The zero-order valence-electron chi connectivity index (χ0n) is 25.1. The number of Topliss-reactive ketones (excluding diaryl/α,β-unsaturated/α-hetero) is 3. The molecule has 5 atom stereocenters. The first-order chi connectivity index (χ1) is 19.1. The Morgan fingerprint density at radius 1 is 0.976 bits per heavy atom. The normalized spacial score (nSPS) is 16.7. The van der Waals surface area contributed by atoms with Crippen molar-refractivity contribution in [1.82, 2.24) is 4.90 Å². The van der Waals surface area contributed by atoms with Gasteiger partial charge in [0.2, 0.25) is 0 Å². The third-order valence-corrected chi connectivity index (χ3v) is 7.23. The number of likely N-dealkylation sites (N-methyl/N-ethyl adjacent to an activating group) is 1. The van der Waals surface area contributed by atoms with Crippen LogP contribution >= 0.6 is 0 Å². The zero-order chi connectivity index (χ0) is 31.7. The van der Waals surface area contributed by atoms with E-state index >= 15 is 0 Å². The molecule has 0 saturated heterocycles. The van der Waals surface area contributed by atoms with Crippen molar-refractivity contribution < 1.29 is 34.2 Å². The van der Waals surface area contributed by atoms with E-state index < -0.39 is 58.9 Å². The molecule has 0 radical (unpaired) electrons. The number of hydrogen-bond donors (Lipinski definition) is 4. The van der Waals surface area contributed by atoms with Gasteiger partial charge in [-0.05, 0) is 43.7 Å². The molecule has 0 aromatic heterocycles. The molecule has 1 rings (SSSR count). The first-order valence-corrected chi connectivity index (χ1v) is 13.9. The monoisotopic (exact) mass is 573 g/mol. The molecule has 0 unspecified atom stereocenters. The van der Waals surface area contributed by atoms with Crippen LogP contribution in [0.1, 0.15) is 65.9 Å². The molecule has 0 fully saturated rings. The third kappa shape index (κ3) is 7.43. The van der Waals surface area contributed by atoms with E-state index in [9.17, 15) is 34.2 Å². The molecule has 41 heavy (non-hydrogen) atoms. The molecular formula is C31H47N3O7. The predicted molar refractivity (Wildman–Crippen MR) is 157 cm³/mol. The number of rotatable bonds is 18. The molecule has 0 spiro atoms. The molecule has 1 aromatic carbocycles. The second-order valence-corrected chi connectivity index (χ2v) is 11.6. The summed E-state index contributed by atoms with van der Waals surface area (Å²) in [4.78, 5) is 71.4. The molecule has 6 N–H and O–H groups in total.